The molecule has 1 aliphatic carbocycles. The summed E-state index contributed by atoms with van der Waals surface area (Å²) in [6, 6.07) is 1.34. The zero-order valence-electron chi connectivity index (χ0n) is 5.88. The zero-order chi connectivity index (χ0) is 6.43. The second-order valence-electron chi connectivity index (χ2n) is 3.49. The summed E-state index contributed by atoms with van der Waals surface area (Å²) >= 11 is 0. The van der Waals surface area contributed by atoms with Crippen LogP contribution in [0.2, 0.25) is 0 Å². The van der Waals surface area contributed by atoms with E-state index in [1.54, 1.807) is 0 Å². The number of nitrogens with two attached hydrogens (primary N) is 1. The van der Waals surface area contributed by atoms with Gasteiger partial charge in [0.1, 0.15) is 0 Å². The molecule has 1 saturated heterocycles. The Morgan fingerprint density at radius 1 is 1.44 bits per heavy atom. The van der Waals surface area contributed by atoms with Gasteiger partial charge < -0.3 is 10.6 Å². The minimum absolute atomic E-state index is 0.520. The van der Waals surface area contributed by atoms with Crippen LogP contribution in [0.1, 0.15) is 12.8 Å². The van der Waals surface area contributed by atoms with Crippen LogP contribution in [0.4, 0.5) is 0 Å². The van der Waals surface area contributed by atoms with Crippen LogP contribution in [0.15, 0.2) is 0 Å². The van der Waals surface area contributed by atoms with Crippen LogP contribution in [-0.4, -0.2) is 30.6 Å². The summed E-state index contributed by atoms with van der Waals surface area (Å²) in [5, 5.41) is 0. The van der Waals surface area contributed by atoms with E-state index in [4.69, 9.17) is 5.73 Å². The largest absolute Gasteiger partial charge is 0.327 e. The van der Waals surface area contributed by atoms with Gasteiger partial charge >= 0.3 is 0 Å². The highest BCUT2D eigenvalue weighted by Gasteiger charge is 2.40. The summed E-state index contributed by atoms with van der Waals surface area (Å²) in [6.45, 7) is 1.24. The summed E-state index contributed by atoms with van der Waals surface area (Å²) in [6.07, 6.45) is 2.60. The van der Waals surface area contributed by atoms with Crippen molar-refractivity contribution in [1.82, 2.24) is 4.90 Å². The van der Waals surface area contributed by atoms with E-state index in [2.05, 4.69) is 11.9 Å². The Bertz CT molecular complexity index is 106. The number of piperidine rings is 1. The molecule has 1 aliphatic heterocycles. The average Bonchev–Trinajstić information content (AvgIpc) is 2.24. The maximum Gasteiger partial charge on any atom is 0.0111 e. The standard InChI is InChI=1S/C7H14N2/c1-9-4-5-2-6(9)3-7(5)8/h5-7H,2-4,8H2,1H3/t5-,6-,7?/m1/s1. The van der Waals surface area contributed by atoms with Crippen molar-refractivity contribution in [2.24, 2.45) is 11.7 Å². The third-order valence-electron chi connectivity index (χ3n) is 2.87. The maximum absolute atomic E-state index is 5.86. The van der Waals surface area contributed by atoms with Crippen molar-refractivity contribution >= 4 is 0 Å². The van der Waals surface area contributed by atoms with E-state index in [0.29, 0.717) is 6.04 Å². The zero-order valence-corrected chi connectivity index (χ0v) is 5.88. The number of likely N-dealkylation sites (tertiary alicyclic amines) is 1. The molecule has 9 heavy (non-hydrogen) atoms. The molecular formula is C7H14N2. The van der Waals surface area contributed by atoms with Gasteiger partial charge in [0.2, 0.25) is 0 Å². The number of rotatable bonds is 0. The van der Waals surface area contributed by atoms with Crippen LogP contribution in [-0.2, 0) is 0 Å². The molecule has 2 bridgehead atoms. The third kappa shape index (κ3) is 0.700. The normalized spacial score (nSPS) is 50.7. The Labute approximate surface area is 56.0 Å². The lowest BCUT2D eigenvalue weighted by molar-refractivity contribution is 0.243. The Balaban J connectivity index is 2.10. The van der Waals surface area contributed by atoms with Crippen molar-refractivity contribution in [3.05, 3.63) is 0 Å². The van der Waals surface area contributed by atoms with E-state index in [9.17, 15) is 0 Å². The Morgan fingerprint density at radius 2 is 2.22 bits per heavy atom. The molecule has 0 aromatic rings. The number of hydrogen-bond acceptors (Lipinski definition) is 2. The molecular weight excluding hydrogens is 112 g/mol. The molecule has 0 aromatic carbocycles. The van der Waals surface area contributed by atoms with E-state index in [0.717, 1.165) is 12.0 Å². The summed E-state index contributed by atoms with van der Waals surface area (Å²) in [5.41, 5.74) is 5.86. The van der Waals surface area contributed by atoms with Gasteiger partial charge in [-0.3, -0.25) is 0 Å². The Morgan fingerprint density at radius 3 is 2.56 bits per heavy atom. The van der Waals surface area contributed by atoms with Crippen LogP contribution >= 0.6 is 0 Å². The average molecular weight is 126 g/mol. The molecule has 52 valence electrons. The van der Waals surface area contributed by atoms with E-state index in [1.165, 1.54) is 19.4 Å². The highest BCUT2D eigenvalue weighted by molar-refractivity contribution is 4.97. The van der Waals surface area contributed by atoms with Gasteiger partial charge in [0.25, 0.3) is 0 Å². The van der Waals surface area contributed by atoms with Crippen molar-refractivity contribution in [1.29, 1.82) is 0 Å². The fourth-order valence-corrected chi connectivity index (χ4v) is 2.22. The van der Waals surface area contributed by atoms with Crippen LogP contribution in [0.5, 0.6) is 0 Å². The van der Waals surface area contributed by atoms with Crippen LogP contribution in [0.25, 0.3) is 0 Å². The minimum atomic E-state index is 0.520. The smallest absolute Gasteiger partial charge is 0.0111 e. The molecule has 1 saturated carbocycles. The van der Waals surface area contributed by atoms with Crippen molar-refractivity contribution in [3.8, 4) is 0 Å². The number of fused-ring (bicyclic) bond motifs is 2. The summed E-state index contributed by atoms with van der Waals surface area (Å²) in [5.74, 6) is 0.819. The monoisotopic (exact) mass is 126 g/mol. The molecule has 2 N–H and O–H groups in total. The highest BCUT2D eigenvalue weighted by Crippen LogP contribution is 2.35. The Hall–Kier alpha value is -0.0800. The van der Waals surface area contributed by atoms with Crippen molar-refractivity contribution in [2.75, 3.05) is 13.6 Å². The minimum Gasteiger partial charge on any atom is -0.327 e. The summed E-state index contributed by atoms with van der Waals surface area (Å²) in [7, 11) is 2.20. The lowest BCUT2D eigenvalue weighted by atomic mass is 10.1. The second-order valence-corrected chi connectivity index (χ2v) is 3.49. The van der Waals surface area contributed by atoms with Gasteiger partial charge in [-0.25, -0.2) is 0 Å². The third-order valence-corrected chi connectivity index (χ3v) is 2.87. The van der Waals surface area contributed by atoms with Crippen molar-refractivity contribution in [2.45, 2.75) is 24.9 Å². The van der Waals surface area contributed by atoms with E-state index >= 15 is 0 Å². The fourth-order valence-electron chi connectivity index (χ4n) is 2.22. The van der Waals surface area contributed by atoms with Gasteiger partial charge in [-0.05, 0) is 25.8 Å². The molecule has 0 radical (unpaired) electrons. The quantitative estimate of drug-likeness (QED) is 0.496. The molecule has 2 aliphatic rings. The van der Waals surface area contributed by atoms with E-state index in [1.807, 2.05) is 0 Å². The van der Waals surface area contributed by atoms with Crippen LogP contribution in [0.3, 0.4) is 0 Å². The summed E-state index contributed by atoms with van der Waals surface area (Å²) in [4.78, 5) is 2.44. The van der Waals surface area contributed by atoms with Gasteiger partial charge in [0.15, 0.2) is 0 Å². The van der Waals surface area contributed by atoms with Gasteiger partial charge in [-0.1, -0.05) is 0 Å². The molecule has 2 fully saturated rings. The first-order valence-electron chi connectivity index (χ1n) is 3.73. The lowest BCUT2D eigenvalue weighted by Crippen LogP contribution is -2.38. The fraction of sp³-hybridized carbons (Fsp3) is 1.00. The van der Waals surface area contributed by atoms with Crippen LogP contribution < -0.4 is 5.73 Å². The maximum atomic E-state index is 5.86. The first-order valence-corrected chi connectivity index (χ1v) is 3.73. The molecule has 0 spiro atoms. The number of nitrogens with zero attached hydrogens (tertiary/aromatic N) is 1. The van der Waals surface area contributed by atoms with E-state index in [-0.39, 0.29) is 0 Å². The van der Waals surface area contributed by atoms with E-state index < -0.39 is 0 Å². The predicted molar refractivity (Wildman–Crippen MR) is 37.1 cm³/mol. The molecule has 2 nitrogen and oxygen atoms in total. The predicted octanol–water partition coefficient (Wildman–Crippen LogP) is 0.0377. The van der Waals surface area contributed by atoms with Gasteiger partial charge in [-0.2, -0.15) is 0 Å². The first kappa shape index (κ1) is 5.69. The molecule has 3 atom stereocenters. The van der Waals surface area contributed by atoms with Gasteiger partial charge in [0.05, 0.1) is 0 Å². The van der Waals surface area contributed by atoms with Gasteiger partial charge in [0, 0.05) is 18.6 Å². The first-order chi connectivity index (χ1) is 4.27. The SMILES string of the molecule is CN1C[C@H]2C[C@@H]1CC2N. The molecule has 1 unspecified atom stereocenters. The molecule has 2 heteroatoms. The number of hydrogen-bond donors (Lipinski definition) is 1. The lowest BCUT2D eigenvalue weighted by Gasteiger charge is -2.25. The topological polar surface area (TPSA) is 29.3 Å². The molecule has 0 aromatic heterocycles. The van der Waals surface area contributed by atoms with Gasteiger partial charge in [-0.15, -0.1) is 0 Å². The van der Waals surface area contributed by atoms with Crippen molar-refractivity contribution in [3.63, 3.8) is 0 Å². The van der Waals surface area contributed by atoms with Crippen molar-refractivity contribution < 1.29 is 0 Å². The molecule has 2 rings (SSSR count). The molecule has 0 amide bonds. The van der Waals surface area contributed by atoms with Crippen LogP contribution in [0, 0.1) is 5.92 Å². The Kier molecular flexibility index (Phi) is 1.08. The summed E-state index contributed by atoms with van der Waals surface area (Å²) < 4.78 is 0. The molecule has 1 heterocycles. The highest BCUT2D eigenvalue weighted by atomic mass is 15.2. The second kappa shape index (κ2) is 1.70.